The fourth-order valence-electron chi connectivity index (χ4n) is 3.75. The van der Waals surface area contributed by atoms with Crippen LogP contribution in [0.5, 0.6) is 0 Å². The van der Waals surface area contributed by atoms with Gasteiger partial charge in [-0.05, 0) is 38.8 Å². The molecular formula is C20H23N5O3S. The summed E-state index contributed by atoms with van der Waals surface area (Å²) < 4.78 is 8.15. The molecule has 1 aliphatic carbocycles. The lowest BCUT2D eigenvalue weighted by molar-refractivity contribution is -0.384. The number of nitrogens with zero attached hydrogens (tertiary/aromatic N) is 5. The minimum Gasteiger partial charge on any atom is -0.420 e. The zero-order valence-corrected chi connectivity index (χ0v) is 17.3. The van der Waals surface area contributed by atoms with Crippen molar-refractivity contribution in [1.82, 2.24) is 19.7 Å². The normalized spacial score (nSPS) is 15.0. The van der Waals surface area contributed by atoms with Gasteiger partial charge in [0.05, 0.1) is 16.4 Å². The maximum atomic E-state index is 10.8. The van der Waals surface area contributed by atoms with Crippen molar-refractivity contribution >= 4 is 17.4 Å². The number of rotatable bonds is 6. The van der Waals surface area contributed by atoms with Crippen molar-refractivity contribution in [2.24, 2.45) is 0 Å². The van der Waals surface area contributed by atoms with E-state index in [1.807, 2.05) is 0 Å². The molecule has 0 atom stereocenters. The lowest BCUT2D eigenvalue weighted by atomic mass is 9.95. The maximum Gasteiger partial charge on any atom is 0.269 e. The quantitative estimate of drug-likeness (QED) is 0.309. The van der Waals surface area contributed by atoms with Gasteiger partial charge in [-0.25, -0.2) is 4.98 Å². The van der Waals surface area contributed by atoms with Gasteiger partial charge in [0.25, 0.3) is 5.69 Å². The van der Waals surface area contributed by atoms with Crippen LogP contribution in [0.4, 0.5) is 5.69 Å². The fraction of sp³-hybridized carbons (Fsp3) is 0.450. The van der Waals surface area contributed by atoms with E-state index in [0.29, 0.717) is 29.1 Å². The second-order valence-corrected chi connectivity index (χ2v) is 8.26. The van der Waals surface area contributed by atoms with Crippen LogP contribution in [0.25, 0.3) is 11.5 Å². The van der Waals surface area contributed by atoms with Crippen molar-refractivity contribution in [2.75, 3.05) is 0 Å². The van der Waals surface area contributed by atoms with Gasteiger partial charge < -0.3 is 8.98 Å². The van der Waals surface area contributed by atoms with Crippen LogP contribution < -0.4 is 0 Å². The predicted octanol–water partition coefficient (Wildman–Crippen LogP) is 5.26. The molecule has 152 valence electrons. The molecule has 0 N–H and O–H groups in total. The molecule has 9 heteroatoms. The number of hydrogen-bond donors (Lipinski definition) is 0. The summed E-state index contributed by atoms with van der Waals surface area (Å²) in [6.45, 7) is 4.19. The van der Waals surface area contributed by atoms with E-state index < -0.39 is 4.92 Å². The Morgan fingerprint density at radius 3 is 2.59 bits per heavy atom. The van der Waals surface area contributed by atoms with E-state index in [1.54, 1.807) is 23.9 Å². The van der Waals surface area contributed by atoms with Gasteiger partial charge in [0.2, 0.25) is 11.8 Å². The molecule has 0 spiro atoms. The summed E-state index contributed by atoms with van der Waals surface area (Å²) in [5.74, 6) is 1.40. The number of imidazole rings is 1. The lowest BCUT2D eigenvalue weighted by Gasteiger charge is -2.25. The molecule has 1 aliphatic rings. The Labute approximate surface area is 172 Å². The average molecular weight is 414 g/mol. The van der Waals surface area contributed by atoms with Crippen molar-refractivity contribution < 1.29 is 9.34 Å². The predicted molar refractivity (Wildman–Crippen MR) is 110 cm³/mol. The number of nitro groups is 1. The molecule has 2 heterocycles. The molecule has 0 radical (unpaired) electrons. The SMILES string of the molecule is Cc1nc(SCc2nnc(-c3ccc([N+](=O)[O-])cc3)o2)n(C2CCCCC2)c1C. The van der Waals surface area contributed by atoms with Crippen molar-refractivity contribution in [2.45, 2.75) is 62.9 Å². The van der Waals surface area contributed by atoms with Crippen LogP contribution in [-0.2, 0) is 5.75 Å². The van der Waals surface area contributed by atoms with Crippen LogP contribution in [0, 0.1) is 24.0 Å². The monoisotopic (exact) mass is 413 g/mol. The Hall–Kier alpha value is -2.68. The first-order valence-corrected chi connectivity index (χ1v) is 10.8. The van der Waals surface area contributed by atoms with E-state index in [1.165, 1.54) is 49.9 Å². The number of aryl methyl sites for hydroxylation is 1. The van der Waals surface area contributed by atoms with E-state index in [4.69, 9.17) is 9.40 Å². The molecule has 3 aromatic rings. The average Bonchev–Trinajstić information content (AvgIpc) is 3.32. The molecule has 2 aromatic heterocycles. The second-order valence-electron chi connectivity index (χ2n) is 7.32. The van der Waals surface area contributed by atoms with E-state index >= 15 is 0 Å². The van der Waals surface area contributed by atoms with Crippen LogP contribution in [0.2, 0.25) is 0 Å². The Morgan fingerprint density at radius 2 is 1.90 bits per heavy atom. The fourth-order valence-corrected chi connectivity index (χ4v) is 4.74. The molecule has 0 amide bonds. The standard InChI is InChI=1S/C20H23N5O3S/c1-13-14(2)24(16-6-4-3-5-7-16)20(21-13)29-12-18-22-23-19(28-18)15-8-10-17(11-9-15)25(26)27/h8-11,16H,3-7,12H2,1-2H3. The van der Waals surface area contributed by atoms with Crippen molar-refractivity contribution in [3.8, 4) is 11.5 Å². The zero-order valence-electron chi connectivity index (χ0n) is 16.5. The van der Waals surface area contributed by atoms with E-state index in [2.05, 4.69) is 28.6 Å². The number of benzene rings is 1. The number of aromatic nitrogens is 4. The summed E-state index contributed by atoms with van der Waals surface area (Å²) in [6, 6.07) is 6.61. The van der Waals surface area contributed by atoms with Crippen LogP contribution >= 0.6 is 11.8 Å². The first-order valence-electron chi connectivity index (χ1n) is 9.78. The second kappa shape index (κ2) is 8.36. The zero-order chi connectivity index (χ0) is 20.4. The molecular weight excluding hydrogens is 390 g/mol. The summed E-state index contributed by atoms with van der Waals surface area (Å²) in [5.41, 5.74) is 2.99. The number of non-ortho nitro benzene ring substituents is 1. The summed E-state index contributed by atoms with van der Waals surface area (Å²) in [7, 11) is 0. The topological polar surface area (TPSA) is 99.9 Å². The van der Waals surface area contributed by atoms with Gasteiger partial charge in [-0.3, -0.25) is 10.1 Å². The van der Waals surface area contributed by atoms with Crippen LogP contribution in [-0.4, -0.2) is 24.7 Å². The number of nitro benzene ring substituents is 1. The molecule has 4 rings (SSSR count). The first kappa shape index (κ1) is 19.6. The molecule has 0 unspecified atom stereocenters. The molecule has 8 nitrogen and oxygen atoms in total. The Morgan fingerprint density at radius 1 is 1.17 bits per heavy atom. The molecule has 1 saturated carbocycles. The van der Waals surface area contributed by atoms with Crippen molar-refractivity contribution in [1.29, 1.82) is 0 Å². The summed E-state index contributed by atoms with van der Waals surface area (Å²) in [6.07, 6.45) is 6.27. The third kappa shape index (κ3) is 4.19. The largest absolute Gasteiger partial charge is 0.420 e. The number of hydrogen-bond acceptors (Lipinski definition) is 7. The van der Waals surface area contributed by atoms with Gasteiger partial charge >= 0.3 is 0 Å². The van der Waals surface area contributed by atoms with Gasteiger partial charge in [0.15, 0.2) is 5.16 Å². The molecule has 0 saturated heterocycles. The van der Waals surface area contributed by atoms with Crippen molar-refractivity contribution in [3.63, 3.8) is 0 Å². The molecule has 1 aromatic carbocycles. The van der Waals surface area contributed by atoms with Gasteiger partial charge in [-0.15, -0.1) is 10.2 Å². The Bertz CT molecular complexity index is 1010. The lowest BCUT2D eigenvalue weighted by Crippen LogP contribution is -2.15. The highest BCUT2D eigenvalue weighted by molar-refractivity contribution is 7.98. The molecule has 1 fully saturated rings. The third-order valence-corrected chi connectivity index (χ3v) is 6.35. The van der Waals surface area contributed by atoms with Gasteiger partial charge in [-0.2, -0.15) is 0 Å². The van der Waals surface area contributed by atoms with Crippen LogP contribution in [0.3, 0.4) is 0 Å². The molecule has 0 aliphatic heterocycles. The van der Waals surface area contributed by atoms with Crippen molar-refractivity contribution in [3.05, 3.63) is 51.7 Å². The number of thioether (sulfide) groups is 1. The highest BCUT2D eigenvalue weighted by Crippen LogP contribution is 2.35. The summed E-state index contributed by atoms with van der Waals surface area (Å²) in [4.78, 5) is 15.1. The Balaban J connectivity index is 1.47. The van der Waals surface area contributed by atoms with E-state index in [9.17, 15) is 10.1 Å². The van der Waals surface area contributed by atoms with Gasteiger partial charge in [0, 0.05) is 29.4 Å². The van der Waals surface area contributed by atoms with Gasteiger partial charge in [0.1, 0.15) is 0 Å². The smallest absolute Gasteiger partial charge is 0.269 e. The first-order chi connectivity index (χ1) is 14.0. The maximum absolute atomic E-state index is 10.8. The van der Waals surface area contributed by atoms with Crippen LogP contribution in [0.15, 0.2) is 33.8 Å². The minimum absolute atomic E-state index is 0.0318. The summed E-state index contributed by atoms with van der Waals surface area (Å²) in [5, 5.41) is 20.0. The van der Waals surface area contributed by atoms with Gasteiger partial charge in [-0.1, -0.05) is 31.0 Å². The third-order valence-electron chi connectivity index (χ3n) is 5.41. The summed E-state index contributed by atoms with van der Waals surface area (Å²) >= 11 is 1.61. The van der Waals surface area contributed by atoms with E-state index in [-0.39, 0.29) is 5.69 Å². The van der Waals surface area contributed by atoms with Crippen LogP contribution in [0.1, 0.15) is 55.4 Å². The highest BCUT2D eigenvalue weighted by Gasteiger charge is 2.22. The van der Waals surface area contributed by atoms with E-state index in [0.717, 1.165) is 10.9 Å². The minimum atomic E-state index is -0.432. The Kier molecular flexibility index (Phi) is 5.66. The molecule has 29 heavy (non-hydrogen) atoms. The molecule has 0 bridgehead atoms. The highest BCUT2D eigenvalue weighted by atomic mass is 32.2.